The van der Waals surface area contributed by atoms with Crippen molar-refractivity contribution in [3.63, 3.8) is 0 Å². The van der Waals surface area contributed by atoms with Gasteiger partial charge in [-0.1, -0.05) is 23.5 Å². The molecule has 0 amide bonds. The Kier molecular flexibility index (Phi) is 3.06. The van der Waals surface area contributed by atoms with E-state index in [9.17, 15) is 0 Å². The number of fused-ring (bicyclic) bond motifs is 3. The minimum Gasteiger partial charge on any atom is -0.485 e. The largest absolute Gasteiger partial charge is 0.485 e. The molecular weight excluding hydrogens is 368 g/mol. The quantitative estimate of drug-likeness (QED) is 0.529. The Morgan fingerprint density at radius 3 is 2.74 bits per heavy atom. The van der Waals surface area contributed by atoms with Crippen LogP contribution in [0.25, 0.3) is 16.3 Å². The molecule has 134 valence electrons. The van der Waals surface area contributed by atoms with Crippen molar-refractivity contribution in [1.82, 2.24) is 19.8 Å². The van der Waals surface area contributed by atoms with E-state index in [1.54, 1.807) is 4.52 Å². The van der Waals surface area contributed by atoms with Crippen LogP contribution in [0.3, 0.4) is 0 Å². The minimum absolute atomic E-state index is 0.232. The summed E-state index contributed by atoms with van der Waals surface area (Å²) in [6.45, 7) is 0.635. The first-order valence-corrected chi connectivity index (χ1v) is 9.17. The van der Waals surface area contributed by atoms with Gasteiger partial charge < -0.3 is 18.9 Å². The van der Waals surface area contributed by atoms with Crippen LogP contribution in [-0.2, 0) is 0 Å². The Morgan fingerprint density at radius 1 is 0.926 bits per heavy atom. The molecule has 0 saturated carbocycles. The molecule has 4 heterocycles. The third-order valence-corrected chi connectivity index (χ3v) is 5.41. The maximum atomic E-state index is 6.05. The van der Waals surface area contributed by atoms with Gasteiger partial charge >= 0.3 is 0 Å². The number of rotatable bonds is 2. The van der Waals surface area contributed by atoms with Gasteiger partial charge in [0.25, 0.3) is 0 Å². The van der Waals surface area contributed by atoms with Gasteiger partial charge in [0.1, 0.15) is 6.61 Å². The molecule has 2 aromatic heterocycles. The lowest BCUT2D eigenvalue weighted by molar-refractivity contribution is 0.0904. The van der Waals surface area contributed by atoms with E-state index in [0.717, 1.165) is 27.8 Å². The van der Waals surface area contributed by atoms with Gasteiger partial charge in [-0.05, 0) is 30.3 Å². The van der Waals surface area contributed by atoms with Gasteiger partial charge in [0.2, 0.25) is 11.8 Å². The zero-order valence-corrected chi connectivity index (χ0v) is 14.7. The summed E-state index contributed by atoms with van der Waals surface area (Å²) in [6, 6.07) is 13.3. The molecule has 0 bridgehead atoms. The summed E-state index contributed by atoms with van der Waals surface area (Å²) in [5.41, 5.74) is 0.856. The molecule has 4 aromatic rings. The van der Waals surface area contributed by atoms with E-state index < -0.39 is 0 Å². The van der Waals surface area contributed by atoms with Crippen molar-refractivity contribution in [2.75, 3.05) is 13.4 Å². The van der Waals surface area contributed by atoms with Gasteiger partial charge in [-0.3, -0.25) is 0 Å². The van der Waals surface area contributed by atoms with E-state index in [1.807, 2.05) is 42.5 Å². The van der Waals surface area contributed by atoms with E-state index in [0.29, 0.717) is 23.1 Å². The second-order valence-electron chi connectivity index (χ2n) is 6.09. The summed E-state index contributed by atoms with van der Waals surface area (Å²) in [6.07, 6.45) is -0.281. The summed E-state index contributed by atoms with van der Waals surface area (Å²) >= 11 is 1.44. The Bertz CT molecular complexity index is 1170. The highest BCUT2D eigenvalue weighted by molar-refractivity contribution is 7.16. The molecule has 8 nitrogen and oxygen atoms in total. The fraction of sp³-hybridized carbons (Fsp3) is 0.167. The van der Waals surface area contributed by atoms with Crippen LogP contribution in [-0.4, -0.2) is 33.2 Å². The number of aromatic nitrogens is 4. The van der Waals surface area contributed by atoms with Crippen LogP contribution in [0.5, 0.6) is 23.0 Å². The Morgan fingerprint density at radius 2 is 1.78 bits per heavy atom. The molecule has 6 rings (SSSR count). The lowest BCUT2D eigenvalue weighted by Crippen LogP contribution is -2.21. The number of hydrogen-bond donors (Lipinski definition) is 0. The fourth-order valence-electron chi connectivity index (χ4n) is 3.12. The second kappa shape index (κ2) is 5.58. The standard InChI is InChI=1S/C18H12N4O4S/c1-2-4-13-11(3-1)23-8-15(26-13)17-21-22-16(19-20-18(22)27-17)10-5-6-12-14(7-10)25-9-24-12/h1-7,15H,8-9H2/t15-/m0/s1. The first kappa shape index (κ1) is 14.8. The predicted octanol–water partition coefficient (Wildman–Crippen LogP) is 3.09. The molecular formula is C18H12N4O4S. The summed E-state index contributed by atoms with van der Waals surface area (Å²) in [5, 5.41) is 14.0. The Hall–Kier alpha value is -3.33. The molecule has 9 heteroatoms. The van der Waals surface area contributed by atoms with Gasteiger partial charge in [0.05, 0.1) is 0 Å². The van der Waals surface area contributed by atoms with E-state index in [-0.39, 0.29) is 12.9 Å². The average molecular weight is 380 g/mol. The fourth-order valence-corrected chi connectivity index (χ4v) is 3.97. The maximum Gasteiger partial charge on any atom is 0.235 e. The molecule has 2 aliphatic rings. The molecule has 0 radical (unpaired) electrons. The number of para-hydroxylation sites is 2. The highest BCUT2D eigenvalue weighted by Crippen LogP contribution is 2.38. The number of nitrogens with zero attached hydrogens (tertiary/aromatic N) is 4. The summed E-state index contributed by atoms with van der Waals surface area (Å²) in [5.74, 6) is 3.53. The van der Waals surface area contributed by atoms with Crippen LogP contribution in [0.2, 0.25) is 0 Å². The van der Waals surface area contributed by atoms with Crippen LogP contribution in [0.1, 0.15) is 11.1 Å². The highest BCUT2D eigenvalue weighted by atomic mass is 32.1. The van der Waals surface area contributed by atoms with Gasteiger partial charge in [0, 0.05) is 5.56 Å². The molecule has 0 spiro atoms. The van der Waals surface area contributed by atoms with Crippen molar-refractivity contribution >= 4 is 16.3 Å². The van der Waals surface area contributed by atoms with Gasteiger partial charge in [-0.2, -0.15) is 9.61 Å². The SMILES string of the molecule is c1ccc2c(c1)OC[C@@H](c1nn3c(-c4ccc5c(c4)OCO5)nnc3s1)O2. The summed E-state index contributed by atoms with van der Waals surface area (Å²) in [4.78, 5) is 0.695. The van der Waals surface area contributed by atoms with Crippen LogP contribution < -0.4 is 18.9 Å². The lowest BCUT2D eigenvalue weighted by Gasteiger charge is -2.24. The lowest BCUT2D eigenvalue weighted by atomic mass is 10.2. The van der Waals surface area contributed by atoms with Crippen molar-refractivity contribution in [2.45, 2.75) is 6.10 Å². The van der Waals surface area contributed by atoms with Crippen LogP contribution in [0, 0.1) is 0 Å². The average Bonchev–Trinajstić information content (AvgIpc) is 3.42. The third kappa shape index (κ3) is 2.32. The molecule has 2 aliphatic heterocycles. The molecule has 0 aliphatic carbocycles. The number of hydrogen-bond acceptors (Lipinski definition) is 8. The zero-order valence-electron chi connectivity index (χ0n) is 13.9. The van der Waals surface area contributed by atoms with Crippen LogP contribution >= 0.6 is 11.3 Å². The molecule has 0 N–H and O–H groups in total. The van der Waals surface area contributed by atoms with Crippen molar-refractivity contribution in [3.8, 4) is 34.4 Å². The monoisotopic (exact) mass is 380 g/mol. The highest BCUT2D eigenvalue weighted by Gasteiger charge is 2.27. The first-order valence-electron chi connectivity index (χ1n) is 8.36. The van der Waals surface area contributed by atoms with Crippen molar-refractivity contribution in [1.29, 1.82) is 0 Å². The number of ether oxygens (including phenoxy) is 4. The first-order chi connectivity index (χ1) is 13.3. The molecule has 0 unspecified atom stereocenters. The Balaban J connectivity index is 1.37. The minimum atomic E-state index is -0.281. The van der Waals surface area contributed by atoms with E-state index in [1.165, 1.54) is 11.3 Å². The molecule has 27 heavy (non-hydrogen) atoms. The van der Waals surface area contributed by atoms with Crippen molar-refractivity contribution in [2.24, 2.45) is 0 Å². The normalized spacial score (nSPS) is 17.4. The molecule has 1 atom stereocenters. The van der Waals surface area contributed by atoms with Crippen molar-refractivity contribution < 1.29 is 18.9 Å². The maximum absolute atomic E-state index is 6.05. The molecule has 0 saturated heterocycles. The van der Waals surface area contributed by atoms with Gasteiger partial charge in [0.15, 0.2) is 39.9 Å². The summed E-state index contributed by atoms with van der Waals surface area (Å²) in [7, 11) is 0. The zero-order chi connectivity index (χ0) is 17.8. The molecule has 2 aromatic carbocycles. The van der Waals surface area contributed by atoms with Gasteiger partial charge in [-0.15, -0.1) is 10.2 Å². The second-order valence-corrected chi connectivity index (χ2v) is 7.08. The topological polar surface area (TPSA) is 80.0 Å². The molecule has 0 fully saturated rings. The van der Waals surface area contributed by atoms with Crippen LogP contribution in [0.4, 0.5) is 0 Å². The predicted molar refractivity (Wildman–Crippen MR) is 95.5 cm³/mol. The van der Waals surface area contributed by atoms with E-state index in [2.05, 4.69) is 15.3 Å². The van der Waals surface area contributed by atoms with Crippen molar-refractivity contribution in [3.05, 3.63) is 47.5 Å². The smallest absolute Gasteiger partial charge is 0.235 e. The number of benzene rings is 2. The van der Waals surface area contributed by atoms with Crippen LogP contribution in [0.15, 0.2) is 42.5 Å². The van der Waals surface area contributed by atoms with E-state index >= 15 is 0 Å². The Labute approximate surface area is 156 Å². The summed E-state index contributed by atoms with van der Waals surface area (Å²) < 4.78 is 24.4. The van der Waals surface area contributed by atoms with Gasteiger partial charge in [-0.25, -0.2) is 0 Å². The third-order valence-electron chi connectivity index (χ3n) is 4.42. The van der Waals surface area contributed by atoms with E-state index in [4.69, 9.17) is 18.9 Å².